The number of nitrogens with one attached hydrogen (secondary N) is 1. The molecular formula is C16H19N2O+. The number of anilines is 1. The Labute approximate surface area is 114 Å². The van der Waals surface area contributed by atoms with Gasteiger partial charge in [-0.15, -0.1) is 0 Å². The van der Waals surface area contributed by atoms with Crippen LogP contribution in [0.5, 0.6) is 5.75 Å². The molecular weight excluding hydrogens is 236 g/mol. The first-order valence-electron chi connectivity index (χ1n) is 6.21. The van der Waals surface area contributed by atoms with E-state index in [1.165, 1.54) is 0 Å². The SMILES string of the molecule is COc1cc(N(C)C)ccc1/C=C/c1cccc[nH+]1. The standard InChI is InChI=1S/C16H18N2O/c1-18(2)15-10-8-13(16(12-15)19-3)7-9-14-6-4-5-11-17-14/h4-12H,1-3H3/p+1/b9-7+. The Kier molecular flexibility index (Phi) is 4.18. The Bertz CT molecular complexity index is 562. The van der Waals surface area contributed by atoms with Crippen molar-refractivity contribution in [2.75, 3.05) is 26.1 Å². The van der Waals surface area contributed by atoms with Gasteiger partial charge in [0.1, 0.15) is 5.75 Å². The van der Waals surface area contributed by atoms with Gasteiger partial charge in [-0.3, -0.25) is 0 Å². The summed E-state index contributed by atoms with van der Waals surface area (Å²) in [7, 11) is 5.73. The van der Waals surface area contributed by atoms with Crippen LogP contribution >= 0.6 is 0 Å². The largest absolute Gasteiger partial charge is 0.496 e. The Hall–Kier alpha value is -2.29. The Morgan fingerprint density at radius 1 is 1.11 bits per heavy atom. The van der Waals surface area contributed by atoms with Crippen LogP contribution in [0.15, 0.2) is 42.6 Å². The van der Waals surface area contributed by atoms with Crippen LogP contribution in [0.2, 0.25) is 0 Å². The number of methoxy groups -OCH3 is 1. The van der Waals surface area contributed by atoms with Gasteiger partial charge in [0.05, 0.1) is 7.11 Å². The molecule has 3 heteroatoms. The lowest BCUT2D eigenvalue weighted by atomic mass is 10.1. The number of pyridine rings is 1. The zero-order chi connectivity index (χ0) is 13.7. The molecule has 1 aromatic heterocycles. The highest BCUT2D eigenvalue weighted by Crippen LogP contribution is 2.26. The van der Waals surface area contributed by atoms with E-state index < -0.39 is 0 Å². The van der Waals surface area contributed by atoms with Crippen LogP contribution in [0.3, 0.4) is 0 Å². The Morgan fingerprint density at radius 3 is 2.58 bits per heavy atom. The minimum atomic E-state index is 0.874. The van der Waals surface area contributed by atoms with Gasteiger partial charge < -0.3 is 9.64 Å². The lowest BCUT2D eigenvalue weighted by Crippen LogP contribution is -2.08. The zero-order valence-corrected chi connectivity index (χ0v) is 11.6. The van der Waals surface area contributed by atoms with E-state index in [1.54, 1.807) is 7.11 Å². The van der Waals surface area contributed by atoms with Crippen molar-refractivity contribution in [3.05, 3.63) is 53.9 Å². The van der Waals surface area contributed by atoms with E-state index in [0.29, 0.717) is 0 Å². The maximum absolute atomic E-state index is 5.44. The van der Waals surface area contributed by atoms with E-state index in [4.69, 9.17) is 4.74 Å². The smallest absolute Gasteiger partial charge is 0.203 e. The van der Waals surface area contributed by atoms with E-state index in [9.17, 15) is 0 Å². The summed E-state index contributed by atoms with van der Waals surface area (Å²) >= 11 is 0. The number of rotatable bonds is 4. The van der Waals surface area contributed by atoms with E-state index in [0.717, 1.165) is 22.7 Å². The summed E-state index contributed by atoms with van der Waals surface area (Å²) in [5.41, 5.74) is 3.24. The average Bonchev–Trinajstić information content (AvgIpc) is 2.45. The first kappa shape index (κ1) is 13.1. The van der Waals surface area contributed by atoms with E-state index in [2.05, 4.69) is 22.0 Å². The van der Waals surface area contributed by atoms with Crippen molar-refractivity contribution in [3.63, 3.8) is 0 Å². The van der Waals surface area contributed by atoms with Gasteiger partial charge in [0.15, 0.2) is 6.20 Å². The molecule has 0 saturated carbocycles. The Balaban J connectivity index is 2.28. The molecule has 0 unspecified atom stereocenters. The molecule has 98 valence electrons. The average molecular weight is 255 g/mol. The first-order valence-corrected chi connectivity index (χ1v) is 6.21. The number of H-pyrrole nitrogens is 1. The quantitative estimate of drug-likeness (QED) is 0.840. The molecule has 1 heterocycles. The third kappa shape index (κ3) is 3.35. The third-order valence-electron chi connectivity index (χ3n) is 2.91. The second kappa shape index (κ2) is 6.05. The summed E-state index contributed by atoms with van der Waals surface area (Å²) in [4.78, 5) is 5.23. The number of hydrogen-bond donors (Lipinski definition) is 0. The van der Waals surface area contributed by atoms with Crippen molar-refractivity contribution in [2.45, 2.75) is 0 Å². The van der Waals surface area contributed by atoms with Crippen LogP contribution in [0.25, 0.3) is 12.2 Å². The van der Waals surface area contributed by atoms with Gasteiger partial charge in [-0.05, 0) is 24.3 Å². The van der Waals surface area contributed by atoms with Crippen molar-refractivity contribution in [2.24, 2.45) is 0 Å². The summed E-state index contributed by atoms with van der Waals surface area (Å²) in [6.07, 6.45) is 5.99. The minimum absolute atomic E-state index is 0.874. The molecule has 0 atom stereocenters. The molecule has 2 rings (SSSR count). The summed E-state index contributed by atoms with van der Waals surface area (Å²) in [6, 6.07) is 12.2. The molecule has 1 N–H and O–H groups in total. The number of aromatic nitrogens is 1. The van der Waals surface area contributed by atoms with Crippen LogP contribution in [0.1, 0.15) is 11.3 Å². The van der Waals surface area contributed by atoms with Gasteiger partial charge in [-0.1, -0.05) is 0 Å². The fraction of sp³-hybridized carbons (Fsp3) is 0.188. The highest BCUT2D eigenvalue weighted by Gasteiger charge is 2.03. The maximum Gasteiger partial charge on any atom is 0.203 e. The van der Waals surface area contributed by atoms with Crippen LogP contribution in [-0.2, 0) is 0 Å². The molecule has 0 aliphatic heterocycles. The summed E-state index contributed by atoms with van der Waals surface area (Å²) in [6.45, 7) is 0. The highest BCUT2D eigenvalue weighted by molar-refractivity contribution is 5.72. The number of aromatic amines is 1. The fourth-order valence-corrected chi connectivity index (χ4v) is 1.81. The molecule has 0 saturated heterocycles. The zero-order valence-electron chi connectivity index (χ0n) is 11.6. The maximum atomic E-state index is 5.44. The van der Waals surface area contributed by atoms with Crippen molar-refractivity contribution in [3.8, 4) is 5.75 Å². The van der Waals surface area contributed by atoms with Crippen molar-refractivity contribution < 1.29 is 9.72 Å². The Morgan fingerprint density at radius 2 is 1.95 bits per heavy atom. The number of ether oxygens (including phenoxy) is 1. The predicted molar refractivity (Wildman–Crippen MR) is 79.2 cm³/mol. The monoisotopic (exact) mass is 255 g/mol. The van der Waals surface area contributed by atoms with Crippen LogP contribution in [-0.4, -0.2) is 21.2 Å². The first-order chi connectivity index (χ1) is 9.20. The van der Waals surface area contributed by atoms with E-state index in [1.807, 2.05) is 56.7 Å². The summed E-state index contributed by atoms with van der Waals surface area (Å²) < 4.78 is 5.44. The molecule has 2 aromatic rings. The third-order valence-corrected chi connectivity index (χ3v) is 2.91. The molecule has 1 aromatic carbocycles. The lowest BCUT2D eigenvalue weighted by molar-refractivity contribution is -0.380. The normalized spacial score (nSPS) is 10.7. The molecule has 0 aliphatic rings. The minimum Gasteiger partial charge on any atom is -0.496 e. The summed E-state index contributed by atoms with van der Waals surface area (Å²) in [5.74, 6) is 0.874. The van der Waals surface area contributed by atoms with Gasteiger partial charge in [-0.2, -0.15) is 0 Å². The van der Waals surface area contributed by atoms with Gasteiger partial charge in [0, 0.05) is 49.6 Å². The predicted octanol–water partition coefficient (Wildman–Crippen LogP) is 2.75. The van der Waals surface area contributed by atoms with Crippen LogP contribution in [0, 0.1) is 0 Å². The van der Waals surface area contributed by atoms with Crippen LogP contribution in [0.4, 0.5) is 5.69 Å². The molecule has 0 spiro atoms. The summed E-state index contributed by atoms with van der Waals surface area (Å²) in [5, 5.41) is 0. The molecule has 0 bridgehead atoms. The van der Waals surface area contributed by atoms with E-state index >= 15 is 0 Å². The van der Waals surface area contributed by atoms with Gasteiger partial charge in [0.25, 0.3) is 0 Å². The topological polar surface area (TPSA) is 26.6 Å². The molecule has 19 heavy (non-hydrogen) atoms. The van der Waals surface area contributed by atoms with E-state index in [-0.39, 0.29) is 0 Å². The molecule has 0 aliphatic carbocycles. The van der Waals surface area contributed by atoms with Crippen LogP contribution < -0.4 is 14.6 Å². The number of benzene rings is 1. The number of hydrogen-bond acceptors (Lipinski definition) is 2. The van der Waals surface area contributed by atoms with Crippen molar-refractivity contribution in [1.29, 1.82) is 0 Å². The molecule has 3 nitrogen and oxygen atoms in total. The van der Waals surface area contributed by atoms with Crippen molar-refractivity contribution >= 4 is 17.8 Å². The van der Waals surface area contributed by atoms with Gasteiger partial charge in [0.2, 0.25) is 5.69 Å². The molecule has 0 radical (unpaired) electrons. The van der Waals surface area contributed by atoms with Gasteiger partial charge >= 0.3 is 0 Å². The highest BCUT2D eigenvalue weighted by atomic mass is 16.5. The second-order valence-corrected chi connectivity index (χ2v) is 4.47. The van der Waals surface area contributed by atoms with Gasteiger partial charge in [-0.25, -0.2) is 4.98 Å². The number of nitrogens with zero attached hydrogens (tertiary/aromatic N) is 1. The van der Waals surface area contributed by atoms with Crippen molar-refractivity contribution in [1.82, 2.24) is 0 Å². The second-order valence-electron chi connectivity index (χ2n) is 4.47. The fourth-order valence-electron chi connectivity index (χ4n) is 1.81. The molecule has 0 amide bonds. The lowest BCUT2D eigenvalue weighted by Gasteiger charge is -2.14. The molecule has 0 fully saturated rings.